The molecule has 0 aliphatic carbocycles. The van der Waals surface area contributed by atoms with Crippen molar-refractivity contribution in [3.05, 3.63) is 65.2 Å². The number of para-hydroxylation sites is 1. The van der Waals surface area contributed by atoms with Crippen molar-refractivity contribution in [3.63, 3.8) is 0 Å². The van der Waals surface area contributed by atoms with Gasteiger partial charge < -0.3 is 10.6 Å². The third-order valence-corrected chi connectivity index (χ3v) is 3.78. The summed E-state index contributed by atoms with van der Waals surface area (Å²) in [4.78, 5) is 12.0. The predicted octanol–water partition coefficient (Wildman–Crippen LogP) is 4.02. The molecule has 1 amide bonds. The Kier molecular flexibility index (Phi) is 5.43. The van der Waals surface area contributed by atoms with Crippen LogP contribution in [0.3, 0.4) is 0 Å². The van der Waals surface area contributed by atoms with Crippen LogP contribution >= 0.6 is 0 Å². The highest BCUT2D eigenvalue weighted by atomic mass is 16.1. The second-order valence-corrected chi connectivity index (χ2v) is 6.91. The molecule has 2 aromatic rings. The van der Waals surface area contributed by atoms with Crippen molar-refractivity contribution in [1.82, 2.24) is 5.32 Å². The largest absolute Gasteiger partial charge is 0.376 e. The highest BCUT2D eigenvalue weighted by Crippen LogP contribution is 2.28. The van der Waals surface area contributed by atoms with Gasteiger partial charge in [-0.15, -0.1) is 0 Å². The lowest BCUT2D eigenvalue weighted by Gasteiger charge is -2.23. The van der Waals surface area contributed by atoms with E-state index in [2.05, 4.69) is 56.5 Å². The van der Waals surface area contributed by atoms with Crippen molar-refractivity contribution in [3.8, 4) is 0 Å². The zero-order chi connectivity index (χ0) is 16.9. The van der Waals surface area contributed by atoms with Gasteiger partial charge in [0.1, 0.15) is 0 Å². The van der Waals surface area contributed by atoms with E-state index in [0.717, 1.165) is 11.3 Å². The zero-order valence-electron chi connectivity index (χ0n) is 14.4. The van der Waals surface area contributed by atoms with Crippen LogP contribution in [0, 0.1) is 6.92 Å². The van der Waals surface area contributed by atoms with Crippen molar-refractivity contribution in [1.29, 1.82) is 0 Å². The Bertz CT molecular complexity index is 654. The molecule has 0 radical (unpaired) electrons. The first-order valence-electron chi connectivity index (χ1n) is 8.02. The Morgan fingerprint density at radius 2 is 1.65 bits per heavy atom. The lowest BCUT2D eigenvalue weighted by molar-refractivity contribution is -0.119. The molecule has 0 aromatic heterocycles. The summed E-state index contributed by atoms with van der Waals surface area (Å²) in [7, 11) is 0. The fourth-order valence-electron chi connectivity index (χ4n) is 2.44. The Morgan fingerprint density at radius 1 is 1.00 bits per heavy atom. The van der Waals surface area contributed by atoms with Gasteiger partial charge in [-0.25, -0.2) is 0 Å². The highest BCUT2D eigenvalue weighted by molar-refractivity contribution is 5.81. The van der Waals surface area contributed by atoms with Crippen molar-refractivity contribution in [2.24, 2.45) is 0 Å². The van der Waals surface area contributed by atoms with Crippen molar-refractivity contribution < 1.29 is 4.79 Å². The summed E-state index contributed by atoms with van der Waals surface area (Å²) in [6.07, 6.45) is 0. The van der Waals surface area contributed by atoms with Crippen LogP contribution in [0.1, 0.15) is 37.5 Å². The molecule has 0 aliphatic heterocycles. The lowest BCUT2D eigenvalue weighted by Crippen LogP contribution is -2.30. The molecule has 23 heavy (non-hydrogen) atoms. The maximum absolute atomic E-state index is 12.0. The number of aryl methyl sites for hydroxylation is 1. The molecule has 0 aliphatic rings. The summed E-state index contributed by atoms with van der Waals surface area (Å²) in [5, 5.41) is 6.20. The summed E-state index contributed by atoms with van der Waals surface area (Å²) in [6, 6.07) is 16.3. The third-order valence-electron chi connectivity index (χ3n) is 3.78. The van der Waals surface area contributed by atoms with Gasteiger partial charge in [0.2, 0.25) is 5.91 Å². The van der Waals surface area contributed by atoms with Crippen LogP contribution < -0.4 is 10.6 Å². The number of carbonyl (C=O) groups excluding carboxylic acids is 1. The van der Waals surface area contributed by atoms with Gasteiger partial charge in [-0.3, -0.25) is 4.79 Å². The van der Waals surface area contributed by atoms with Gasteiger partial charge >= 0.3 is 0 Å². The second-order valence-electron chi connectivity index (χ2n) is 6.91. The summed E-state index contributed by atoms with van der Waals surface area (Å²) >= 11 is 0. The molecule has 0 unspecified atom stereocenters. The van der Waals surface area contributed by atoms with E-state index >= 15 is 0 Å². The van der Waals surface area contributed by atoms with Crippen LogP contribution in [0.25, 0.3) is 0 Å². The molecule has 0 fully saturated rings. The number of benzene rings is 2. The molecule has 3 heteroatoms. The van der Waals surface area contributed by atoms with Gasteiger partial charge in [-0.05, 0) is 29.5 Å². The molecule has 2 aromatic carbocycles. The van der Waals surface area contributed by atoms with Gasteiger partial charge in [0.25, 0.3) is 0 Å². The highest BCUT2D eigenvalue weighted by Gasteiger charge is 2.17. The zero-order valence-corrected chi connectivity index (χ0v) is 14.4. The number of rotatable bonds is 5. The van der Waals surface area contributed by atoms with E-state index in [1.54, 1.807) is 0 Å². The molecule has 0 spiro atoms. The smallest absolute Gasteiger partial charge is 0.239 e. The average molecular weight is 310 g/mol. The molecule has 2 rings (SSSR count). The van der Waals surface area contributed by atoms with E-state index in [-0.39, 0.29) is 17.9 Å². The predicted molar refractivity (Wildman–Crippen MR) is 96.7 cm³/mol. The molecule has 0 saturated carbocycles. The maximum atomic E-state index is 12.0. The number of anilines is 1. The maximum Gasteiger partial charge on any atom is 0.239 e. The minimum Gasteiger partial charge on any atom is -0.376 e. The average Bonchev–Trinajstić information content (AvgIpc) is 2.52. The van der Waals surface area contributed by atoms with Gasteiger partial charge in [-0.1, -0.05) is 68.8 Å². The van der Waals surface area contributed by atoms with Crippen molar-refractivity contribution >= 4 is 11.6 Å². The van der Waals surface area contributed by atoms with Crippen LogP contribution in [0.5, 0.6) is 0 Å². The third kappa shape index (κ3) is 5.13. The van der Waals surface area contributed by atoms with E-state index < -0.39 is 0 Å². The van der Waals surface area contributed by atoms with E-state index in [9.17, 15) is 4.79 Å². The number of hydrogen-bond acceptors (Lipinski definition) is 2. The summed E-state index contributed by atoms with van der Waals surface area (Å²) < 4.78 is 0. The monoisotopic (exact) mass is 310 g/mol. The molecule has 0 heterocycles. The van der Waals surface area contributed by atoms with Gasteiger partial charge in [0.15, 0.2) is 0 Å². The van der Waals surface area contributed by atoms with Crippen LogP contribution in [0.4, 0.5) is 5.69 Å². The first-order chi connectivity index (χ1) is 10.9. The number of amides is 1. The minimum atomic E-state index is -0.00529. The summed E-state index contributed by atoms with van der Waals surface area (Å²) in [5.74, 6) is -0.00529. The summed E-state index contributed by atoms with van der Waals surface area (Å²) in [5.41, 5.74) is 4.61. The normalized spacial score (nSPS) is 11.1. The topological polar surface area (TPSA) is 41.1 Å². The first-order valence-corrected chi connectivity index (χ1v) is 8.02. The summed E-state index contributed by atoms with van der Waals surface area (Å²) in [6.45, 7) is 9.40. The first kappa shape index (κ1) is 17.1. The number of carbonyl (C=O) groups is 1. The van der Waals surface area contributed by atoms with Crippen LogP contribution in [0.2, 0.25) is 0 Å². The van der Waals surface area contributed by atoms with Crippen LogP contribution in [-0.2, 0) is 16.8 Å². The SMILES string of the molecule is Cc1ccc(CNC(=O)CNc2ccccc2C(C)(C)C)cc1. The number of nitrogens with one attached hydrogen (secondary N) is 2. The molecule has 0 bridgehead atoms. The molecule has 0 saturated heterocycles. The van der Waals surface area contributed by atoms with Gasteiger partial charge in [0.05, 0.1) is 6.54 Å². The Hall–Kier alpha value is -2.29. The van der Waals surface area contributed by atoms with Crippen LogP contribution in [0.15, 0.2) is 48.5 Å². The molecule has 122 valence electrons. The lowest BCUT2D eigenvalue weighted by atomic mass is 9.86. The van der Waals surface area contributed by atoms with Crippen LogP contribution in [-0.4, -0.2) is 12.5 Å². The Labute approximate surface area is 139 Å². The minimum absolute atomic E-state index is 0.00529. The van der Waals surface area contributed by atoms with Crippen molar-refractivity contribution in [2.45, 2.75) is 39.7 Å². The van der Waals surface area contributed by atoms with E-state index in [1.807, 2.05) is 30.3 Å². The molecule has 2 N–H and O–H groups in total. The van der Waals surface area contributed by atoms with Gasteiger partial charge in [0, 0.05) is 12.2 Å². The quantitative estimate of drug-likeness (QED) is 0.875. The second kappa shape index (κ2) is 7.32. The van der Waals surface area contributed by atoms with E-state index in [0.29, 0.717) is 6.54 Å². The Balaban J connectivity index is 1.89. The van der Waals surface area contributed by atoms with E-state index in [1.165, 1.54) is 11.1 Å². The molecule has 3 nitrogen and oxygen atoms in total. The fraction of sp³-hybridized carbons (Fsp3) is 0.350. The molecule has 0 atom stereocenters. The standard InChI is InChI=1S/C20H26N2O/c1-15-9-11-16(12-10-15)13-22-19(23)14-21-18-8-6-5-7-17(18)20(2,3)4/h5-12,21H,13-14H2,1-4H3,(H,22,23). The molecular weight excluding hydrogens is 284 g/mol. The van der Waals surface area contributed by atoms with Gasteiger partial charge in [-0.2, -0.15) is 0 Å². The number of hydrogen-bond donors (Lipinski definition) is 2. The van der Waals surface area contributed by atoms with E-state index in [4.69, 9.17) is 0 Å². The fourth-order valence-corrected chi connectivity index (χ4v) is 2.44. The van der Waals surface area contributed by atoms with Crippen molar-refractivity contribution in [2.75, 3.05) is 11.9 Å². The Morgan fingerprint density at radius 3 is 2.30 bits per heavy atom. The molecular formula is C20H26N2O.